The van der Waals surface area contributed by atoms with Gasteiger partial charge >= 0.3 is 0 Å². The summed E-state index contributed by atoms with van der Waals surface area (Å²) in [6, 6.07) is -0.164. The number of thiazole rings is 1. The lowest BCUT2D eigenvalue weighted by molar-refractivity contribution is 0.586. The molecule has 122 valence electrons. The van der Waals surface area contributed by atoms with E-state index in [1.165, 1.54) is 11.3 Å². The summed E-state index contributed by atoms with van der Waals surface area (Å²) in [5.41, 5.74) is 6.74. The average molecular weight is 355 g/mol. The molecule has 9 heteroatoms. The van der Waals surface area contributed by atoms with Gasteiger partial charge in [0.2, 0.25) is 5.28 Å². The third kappa shape index (κ3) is 3.15. The molecule has 0 spiro atoms. The fraction of sp³-hybridized carbons (Fsp3) is 0.357. The molecule has 3 rings (SSSR count). The van der Waals surface area contributed by atoms with E-state index in [0.29, 0.717) is 35.5 Å². The lowest BCUT2D eigenvalue weighted by Gasteiger charge is -2.06. The van der Waals surface area contributed by atoms with E-state index in [-0.39, 0.29) is 17.1 Å². The van der Waals surface area contributed by atoms with Gasteiger partial charge in [-0.1, -0.05) is 0 Å². The Morgan fingerprint density at radius 2 is 2.26 bits per heavy atom. The van der Waals surface area contributed by atoms with Crippen molar-refractivity contribution in [3.05, 3.63) is 33.4 Å². The smallest absolute Gasteiger partial charge is 0.226 e. The second-order valence-corrected chi connectivity index (χ2v) is 6.64. The summed E-state index contributed by atoms with van der Waals surface area (Å²) >= 11 is 7.50. The Bertz CT molecular complexity index is 830. The molecule has 0 saturated heterocycles. The number of nitrogens with one attached hydrogen (secondary N) is 1. The van der Waals surface area contributed by atoms with Gasteiger partial charge in [0.25, 0.3) is 0 Å². The molecule has 0 saturated carbocycles. The molecule has 0 fully saturated rings. The number of nitrogens with two attached hydrogens (primary N) is 1. The quantitative estimate of drug-likeness (QED) is 0.688. The average Bonchev–Trinajstić information content (AvgIpc) is 3.08. The van der Waals surface area contributed by atoms with Crippen LogP contribution in [0.3, 0.4) is 0 Å². The van der Waals surface area contributed by atoms with E-state index in [1.807, 2.05) is 12.3 Å². The standard InChI is InChI=1S/C14H16ClFN6S/c1-7(17)5-8-11(16)10-12(19-6-9-18-3-4-23-9)20-14(15)21-13(10)22(8)2/h3-4,7H,5-6,17H2,1-2H3,(H,19,20,21)/t7-/m0/s1. The van der Waals surface area contributed by atoms with Gasteiger partial charge < -0.3 is 15.6 Å². The number of aromatic nitrogens is 4. The van der Waals surface area contributed by atoms with Gasteiger partial charge in [-0.05, 0) is 18.5 Å². The lowest BCUT2D eigenvalue weighted by Crippen LogP contribution is -2.20. The number of hydrogen-bond acceptors (Lipinski definition) is 6. The Hall–Kier alpha value is -1.77. The van der Waals surface area contributed by atoms with Gasteiger partial charge in [-0.15, -0.1) is 11.3 Å². The third-order valence-corrected chi connectivity index (χ3v) is 4.41. The molecule has 3 aromatic rings. The molecule has 0 aliphatic carbocycles. The summed E-state index contributed by atoms with van der Waals surface area (Å²) in [6.45, 7) is 2.27. The van der Waals surface area contributed by atoms with Gasteiger partial charge in [-0.25, -0.2) is 9.37 Å². The molecule has 0 aliphatic rings. The minimum absolute atomic E-state index is 0.0621. The first-order chi connectivity index (χ1) is 11.0. The summed E-state index contributed by atoms with van der Waals surface area (Å²) in [4.78, 5) is 12.5. The van der Waals surface area contributed by atoms with Crippen molar-refractivity contribution in [3.63, 3.8) is 0 Å². The Morgan fingerprint density at radius 1 is 1.48 bits per heavy atom. The number of hydrogen-bond donors (Lipinski definition) is 2. The minimum atomic E-state index is -0.363. The molecule has 0 aliphatic heterocycles. The van der Waals surface area contributed by atoms with E-state index >= 15 is 0 Å². The molecule has 6 nitrogen and oxygen atoms in total. The van der Waals surface area contributed by atoms with E-state index in [4.69, 9.17) is 17.3 Å². The van der Waals surface area contributed by atoms with Crippen LogP contribution < -0.4 is 11.1 Å². The third-order valence-electron chi connectivity index (χ3n) is 3.46. The van der Waals surface area contributed by atoms with Crippen molar-refractivity contribution >= 4 is 39.8 Å². The van der Waals surface area contributed by atoms with Crippen molar-refractivity contribution in [3.8, 4) is 0 Å². The highest BCUT2D eigenvalue weighted by Crippen LogP contribution is 2.30. The van der Waals surface area contributed by atoms with E-state index < -0.39 is 0 Å². The minimum Gasteiger partial charge on any atom is -0.363 e. The van der Waals surface area contributed by atoms with Gasteiger partial charge in [0.1, 0.15) is 16.5 Å². The Labute approximate surface area is 141 Å². The second kappa shape index (κ2) is 6.38. The zero-order valence-electron chi connectivity index (χ0n) is 12.7. The van der Waals surface area contributed by atoms with Crippen LogP contribution in [-0.2, 0) is 20.0 Å². The highest BCUT2D eigenvalue weighted by Gasteiger charge is 2.22. The molecule has 3 aromatic heterocycles. The van der Waals surface area contributed by atoms with Crippen molar-refractivity contribution in [2.24, 2.45) is 12.8 Å². The summed E-state index contributed by atoms with van der Waals surface area (Å²) in [6.07, 6.45) is 2.12. The normalized spacial score (nSPS) is 12.7. The van der Waals surface area contributed by atoms with Gasteiger partial charge in [0, 0.05) is 31.1 Å². The molecular weight excluding hydrogens is 339 g/mol. The number of halogens is 2. The van der Waals surface area contributed by atoms with Crippen molar-refractivity contribution in [2.45, 2.75) is 25.9 Å². The van der Waals surface area contributed by atoms with E-state index in [1.54, 1.807) is 17.8 Å². The van der Waals surface area contributed by atoms with E-state index in [0.717, 1.165) is 5.01 Å². The van der Waals surface area contributed by atoms with E-state index in [2.05, 4.69) is 20.3 Å². The summed E-state index contributed by atoms with van der Waals surface area (Å²) in [7, 11) is 1.75. The van der Waals surface area contributed by atoms with Crippen molar-refractivity contribution in [1.29, 1.82) is 0 Å². The van der Waals surface area contributed by atoms with Gasteiger partial charge in [-0.2, -0.15) is 9.97 Å². The zero-order valence-corrected chi connectivity index (χ0v) is 14.2. The number of anilines is 1. The fourth-order valence-corrected chi connectivity index (χ4v) is 3.17. The number of nitrogens with zero attached hydrogens (tertiary/aromatic N) is 4. The van der Waals surface area contributed by atoms with Crippen LogP contribution in [0.5, 0.6) is 0 Å². The highest BCUT2D eigenvalue weighted by atomic mass is 35.5. The van der Waals surface area contributed by atoms with Crippen LogP contribution >= 0.6 is 22.9 Å². The predicted octanol–water partition coefficient (Wildman–Crippen LogP) is 2.72. The summed E-state index contributed by atoms with van der Waals surface area (Å²) in [5, 5.41) is 6.23. The summed E-state index contributed by atoms with van der Waals surface area (Å²) in [5.74, 6) is -0.00247. The van der Waals surface area contributed by atoms with Gasteiger partial charge in [0.05, 0.1) is 17.6 Å². The topological polar surface area (TPSA) is 81.7 Å². The molecule has 0 radical (unpaired) electrons. The largest absolute Gasteiger partial charge is 0.363 e. The molecule has 0 unspecified atom stereocenters. The maximum Gasteiger partial charge on any atom is 0.226 e. The first kappa shape index (κ1) is 16.1. The molecule has 3 heterocycles. The van der Waals surface area contributed by atoms with Crippen molar-refractivity contribution < 1.29 is 4.39 Å². The van der Waals surface area contributed by atoms with Crippen molar-refractivity contribution in [2.75, 3.05) is 5.32 Å². The van der Waals surface area contributed by atoms with Crippen LogP contribution in [0.15, 0.2) is 11.6 Å². The second-order valence-electron chi connectivity index (χ2n) is 5.32. The maximum absolute atomic E-state index is 14.9. The molecule has 23 heavy (non-hydrogen) atoms. The molecule has 1 atom stereocenters. The van der Waals surface area contributed by atoms with Gasteiger partial charge in [-0.3, -0.25) is 0 Å². The summed E-state index contributed by atoms with van der Waals surface area (Å²) < 4.78 is 16.5. The lowest BCUT2D eigenvalue weighted by atomic mass is 10.2. The SMILES string of the molecule is C[C@H](N)Cc1c(F)c2c(NCc3nccs3)nc(Cl)nc2n1C. The number of rotatable bonds is 5. The van der Waals surface area contributed by atoms with E-state index in [9.17, 15) is 4.39 Å². The molecule has 0 aromatic carbocycles. The Kier molecular flexibility index (Phi) is 4.47. The van der Waals surface area contributed by atoms with Crippen LogP contribution in [0, 0.1) is 5.82 Å². The van der Waals surface area contributed by atoms with Crippen LogP contribution in [-0.4, -0.2) is 25.6 Å². The Balaban J connectivity index is 2.06. The van der Waals surface area contributed by atoms with Gasteiger partial charge in [0.15, 0.2) is 5.82 Å². The number of aryl methyl sites for hydroxylation is 1. The molecular formula is C14H16ClFN6S. The molecule has 0 bridgehead atoms. The maximum atomic E-state index is 14.9. The van der Waals surface area contributed by atoms with Crippen LogP contribution in [0.1, 0.15) is 17.6 Å². The molecule has 3 N–H and O–H groups in total. The zero-order chi connectivity index (χ0) is 16.6. The molecule has 0 amide bonds. The van der Waals surface area contributed by atoms with Crippen LogP contribution in [0.4, 0.5) is 10.2 Å². The fourth-order valence-electron chi connectivity index (χ4n) is 2.45. The Morgan fingerprint density at radius 3 is 2.91 bits per heavy atom. The van der Waals surface area contributed by atoms with Crippen LogP contribution in [0.2, 0.25) is 5.28 Å². The van der Waals surface area contributed by atoms with Crippen LogP contribution in [0.25, 0.3) is 11.0 Å². The number of fused-ring (bicyclic) bond motifs is 1. The highest BCUT2D eigenvalue weighted by molar-refractivity contribution is 7.09. The first-order valence-electron chi connectivity index (χ1n) is 7.05. The van der Waals surface area contributed by atoms with Crippen molar-refractivity contribution in [1.82, 2.24) is 19.5 Å². The monoisotopic (exact) mass is 354 g/mol. The predicted molar refractivity (Wildman–Crippen MR) is 90.3 cm³/mol. The first-order valence-corrected chi connectivity index (χ1v) is 8.31.